The molecule has 29 heavy (non-hydrogen) atoms. The van der Waals surface area contributed by atoms with E-state index in [0.29, 0.717) is 11.2 Å². The van der Waals surface area contributed by atoms with Crippen LogP contribution in [0.25, 0.3) is 11.2 Å². The van der Waals surface area contributed by atoms with Crippen molar-refractivity contribution < 1.29 is 27.6 Å². The van der Waals surface area contributed by atoms with Crippen LogP contribution in [-0.4, -0.2) is 51.5 Å². The molecule has 1 unspecified atom stereocenters. The zero-order valence-electron chi connectivity index (χ0n) is 16.3. The molecule has 0 aromatic carbocycles. The monoisotopic (exact) mass is 424 g/mol. The minimum Gasteiger partial charge on any atom is -0.479 e. The molecule has 0 spiro atoms. The molecule has 12 nitrogen and oxygen atoms in total. The maximum absolute atomic E-state index is 12.8. The number of rotatable bonds is 4. The predicted molar refractivity (Wildman–Crippen MR) is 98.6 cm³/mol. The van der Waals surface area contributed by atoms with Crippen molar-refractivity contribution in [1.82, 2.24) is 19.5 Å². The van der Waals surface area contributed by atoms with E-state index in [1.54, 1.807) is 25.3 Å². The van der Waals surface area contributed by atoms with E-state index in [4.69, 9.17) is 28.8 Å². The third-order valence-electron chi connectivity index (χ3n) is 4.82. The Labute approximate surface area is 166 Å². The number of phosphoric acid groups is 1. The summed E-state index contributed by atoms with van der Waals surface area (Å²) in [6.45, 7) is 5.03. The summed E-state index contributed by atoms with van der Waals surface area (Å²) in [6, 6.07) is 2.24. The summed E-state index contributed by atoms with van der Waals surface area (Å²) < 4.78 is 42.0. The van der Waals surface area contributed by atoms with Crippen LogP contribution in [0.15, 0.2) is 6.33 Å². The highest BCUT2D eigenvalue weighted by atomic mass is 31.2. The normalized spacial score (nSPS) is 34.3. The second kappa shape index (κ2) is 6.90. The Bertz CT molecular complexity index is 1040. The lowest BCUT2D eigenvalue weighted by molar-refractivity contribution is -0.0733. The van der Waals surface area contributed by atoms with Crippen LogP contribution in [-0.2, 0) is 22.9 Å². The van der Waals surface area contributed by atoms with Crippen LogP contribution in [0, 0.1) is 16.7 Å². The maximum atomic E-state index is 12.8. The van der Waals surface area contributed by atoms with E-state index in [0.717, 1.165) is 0 Å². The highest BCUT2D eigenvalue weighted by molar-refractivity contribution is 7.48. The van der Waals surface area contributed by atoms with E-state index in [9.17, 15) is 9.83 Å². The van der Waals surface area contributed by atoms with E-state index < -0.39 is 31.7 Å². The number of anilines is 1. The van der Waals surface area contributed by atoms with E-state index in [1.165, 1.54) is 13.4 Å². The van der Waals surface area contributed by atoms with Gasteiger partial charge in [-0.05, 0) is 20.8 Å². The summed E-state index contributed by atoms with van der Waals surface area (Å²) in [6.07, 6.45) is -1.27. The molecule has 0 bridgehead atoms. The number of nitriles is 1. The maximum Gasteiger partial charge on any atom is 0.475 e. The summed E-state index contributed by atoms with van der Waals surface area (Å²) in [7, 11) is -2.38. The molecule has 0 radical (unpaired) electrons. The molecule has 2 aromatic heterocycles. The van der Waals surface area contributed by atoms with Gasteiger partial charge in [0.2, 0.25) is 11.8 Å². The number of aromatic nitrogens is 4. The highest BCUT2D eigenvalue weighted by Gasteiger charge is 2.61. The lowest BCUT2D eigenvalue weighted by Crippen LogP contribution is -2.42. The minimum atomic E-state index is -3.83. The summed E-state index contributed by atoms with van der Waals surface area (Å²) in [4.78, 5) is 12.5. The summed E-state index contributed by atoms with van der Waals surface area (Å²) >= 11 is 0. The Morgan fingerprint density at radius 1 is 1.48 bits per heavy atom. The molecule has 2 fully saturated rings. The van der Waals surface area contributed by atoms with Gasteiger partial charge < -0.3 is 15.2 Å². The fraction of sp³-hybridized carbons (Fsp3) is 0.625. The Morgan fingerprint density at radius 2 is 2.24 bits per heavy atom. The van der Waals surface area contributed by atoms with Gasteiger partial charge in [-0.1, -0.05) is 0 Å². The Morgan fingerprint density at radius 3 is 2.90 bits per heavy atom. The third-order valence-corrected chi connectivity index (χ3v) is 6.45. The van der Waals surface area contributed by atoms with Crippen LogP contribution >= 0.6 is 7.82 Å². The largest absolute Gasteiger partial charge is 0.479 e. The van der Waals surface area contributed by atoms with Crippen LogP contribution in [0.5, 0.6) is 5.88 Å². The Hall–Kier alpha value is -2.29. The first-order valence-corrected chi connectivity index (χ1v) is 10.4. The molecule has 0 aliphatic carbocycles. The average molecular weight is 424 g/mol. The van der Waals surface area contributed by atoms with Crippen LogP contribution in [0.1, 0.15) is 27.0 Å². The first-order chi connectivity index (χ1) is 13.7. The van der Waals surface area contributed by atoms with Crippen LogP contribution < -0.4 is 10.5 Å². The molecule has 0 amide bonds. The van der Waals surface area contributed by atoms with E-state index in [-0.39, 0.29) is 24.5 Å². The fourth-order valence-corrected chi connectivity index (χ4v) is 5.20. The first-order valence-electron chi connectivity index (χ1n) is 8.93. The number of fused-ring (bicyclic) bond motifs is 2. The number of phosphoric ester groups is 1. The van der Waals surface area contributed by atoms with Crippen molar-refractivity contribution in [3.8, 4) is 11.9 Å². The molecule has 2 aliphatic rings. The molecule has 5 atom stereocenters. The number of hydrogen-bond donors (Lipinski definition) is 1. The smallest absolute Gasteiger partial charge is 0.475 e. The highest BCUT2D eigenvalue weighted by Crippen LogP contribution is 2.61. The van der Waals surface area contributed by atoms with Crippen molar-refractivity contribution in [3.05, 3.63) is 6.33 Å². The van der Waals surface area contributed by atoms with Gasteiger partial charge in [-0.15, -0.1) is 0 Å². The zero-order chi connectivity index (χ0) is 21.0. The van der Waals surface area contributed by atoms with Gasteiger partial charge in [0.25, 0.3) is 0 Å². The fourth-order valence-electron chi connectivity index (χ4n) is 3.55. The number of imidazole rings is 1. The molecule has 4 heterocycles. The van der Waals surface area contributed by atoms with Gasteiger partial charge in [-0.3, -0.25) is 18.1 Å². The molecule has 13 heteroatoms. The van der Waals surface area contributed by atoms with Crippen LogP contribution in [0.4, 0.5) is 5.95 Å². The molecule has 2 N–H and O–H groups in total. The van der Waals surface area contributed by atoms with E-state index >= 15 is 0 Å². The van der Waals surface area contributed by atoms with E-state index in [1.807, 2.05) is 0 Å². The number of nitrogens with zero attached hydrogens (tertiary/aromatic N) is 5. The van der Waals surface area contributed by atoms with Gasteiger partial charge in [0, 0.05) is 0 Å². The molecule has 0 saturated carbocycles. The lowest BCUT2D eigenvalue weighted by Gasteiger charge is -2.34. The van der Waals surface area contributed by atoms with Gasteiger partial charge in [-0.2, -0.15) is 15.2 Å². The van der Waals surface area contributed by atoms with Gasteiger partial charge in [0.1, 0.15) is 17.6 Å². The number of ether oxygens (including phenoxy) is 2. The summed E-state index contributed by atoms with van der Waals surface area (Å²) in [5, 5.41) is 10.0. The lowest BCUT2D eigenvalue weighted by atomic mass is 9.84. The van der Waals surface area contributed by atoms with Crippen molar-refractivity contribution in [1.29, 1.82) is 5.26 Å². The molecule has 156 valence electrons. The topological polar surface area (TPSA) is 157 Å². The minimum absolute atomic E-state index is 0.0143. The Kier molecular flexibility index (Phi) is 4.76. The number of methoxy groups -OCH3 is 1. The number of nitrogen functional groups attached to an aromatic ring is 1. The SMILES string of the molecule is COc1nc(N)nc2c1ncn2[C@@H]1O[C@@H]2COP(=O)(OC(C)C)O[C@H]2[C@@]1(C)C#N. The number of nitrogens with two attached hydrogens (primary N) is 1. The second-order valence-corrected chi connectivity index (χ2v) is 8.83. The molecule has 2 saturated heterocycles. The standard InChI is InChI=1S/C16H21N6O6P/c1-8(2)27-29(23)25-5-9-11(28-29)16(3,6-17)14(26-9)22-7-19-10-12(22)20-15(18)21-13(10)24-4/h7-9,11,14H,5H2,1-4H3,(H2,18,20,21)/t9-,11-,14-,16-,29?/m1/s1. The van der Waals surface area contributed by atoms with Gasteiger partial charge in [0.15, 0.2) is 17.4 Å². The van der Waals surface area contributed by atoms with Crippen molar-refractivity contribution in [2.45, 2.75) is 45.3 Å². The summed E-state index contributed by atoms with van der Waals surface area (Å²) in [5.74, 6) is 0.189. The van der Waals surface area contributed by atoms with Crippen molar-refractivity contribution in [2.75, 3.05) is 19.5 Å². The molecule has 2 aromatic rings. The first kappa shape index (κ1) is 20.0. The Balaban J connectivity index is 1.75. The van der Waals surface area contributed by atoms with Gasteiger partial charge in [-0.25, -0.2) is 9.55 Å². The van der Waals surface area contributed by atoms with Gasteiger partial charge >= 0.3 is 7.82 Å². The second-order valence-electron chi connectivity index (χ2n) is 7.26. The van der Waals surface area contributed by atoms with Crippen molar-refractivity contribution >= 4 is 24.9 Å². The van der Waals surface area contributed by atoms with Crippen LogP contribution in [0.3, 0.4) is 0 Å². The predicted octanol–water partition coefficient (Wildman–Crippen LogP) is 1.79. The average Bonchev–Trinajstić information content (AvgIpc) is 3.19. The third kappa shape index (κ3) is 3.15. The van der Waals surface area contributed by atoms with Crippen molar-refractivity contribution in [2.24, 2.45) is 5.41 Å². The molecule has 4 rings (SSSR count). The molecular weight excluding hydrogens is 403 g/mol. The van der Waals surface area contributed by atoms with Crippen molar-refractivity contribution in [3.63, 3.8) is 0 Å². The van der Waals surface area contributed by atoms with Crippen LogP contribution in [0.2, 0.25) is 0 Å². The molecular formula is C16H21N6O6P. The summed E-state index contributed by atoms with van der Waals surface area (Å²) in [5.41, 5.74) is 5.24. The van der Waals surface area contributed by atoms with Gasteiger partial charge in [0.05, 0.1) is 32.2 Å². The quantitative estimate of drug-likeness (QED) is 0.714. The molecule has 2 aliphatic heterocycles. The number of hydrogen-bond acceptors (Lipinski definition) is 11. The van der Waals surface area contributed by atoms with E-state index in [2.05, 4.69) is 21.0 Å². The zero-order valence-corrected chi connectivity index (χ0v) is 17.2.